The number of anilines is 3. The molecule has 0 spiro atoms. The van der Waals surface area contributed by atoms with Crippen LogP contribution < -0.4 is 15.4 Å². The summed E-state index contributed by atoms with van der Waals surface area (Å²) < 4.78 is 46.1. The number of alkyl halides is 3. The number of benzene rings is 3. The van der Waals surface area contributed by atoms with E-state index >= 15 is 0 Å². The first-order valence-electron chi connectivity index (χ1n) is 11.0. The minimum absolute atomic E-state index is 0.116. The van der Waals surface area contributed by atoms with Gasteiger partial charge in [-0.2, -0.15) is 18.3 Å². The number of hydrogen-bond acceptors (Lipinski definition) is 6. The molecule has 11 heteroatoms. The smallest absolute Gasteiger partial charge is 0.416 e. The summed E-state index contributed by atoms with van der Waals surface area (Å²) in [5.74, 6) is 0.465. The fraction of sp³-hybridized carbons (Fsp3) is 0.0769. The van der Waals surface area contributed by atoms with Gasteiger partial charge in [-0.05, 0) is 54.6 Å². The van der Waals surface area contributed by atoms with Crippen LogP contribution in [0, 0.1) is 0 Å². The number of fused-ring (bicyclic) bond motifs is 1. The van der Waals surface area contributed by atoms with Gasteiger partial charge in [-0.1, -0.05) is 18.2 Å². The Hall–Kier alpha value is -4.93. The number of hydrogen-bond donors (Lipinski definition) is 2. The molecular weight excluding hydrogens is 485 g/mol. The van der Waals surface area contributed by atoms with Crippen LogP contribution in [0.2, 0.25) is 0 Å². The Balaban J connectivity index is 1.43. The second-order valence-electron chi connectivity index (χ2n) is 7.92. The second-order valence-corrected chi connectivity index (χ2v) is 7.92. The van der Waals surface area contributed by atoms with E-state index in [0.29, 0.717) is 34.0 Å². The number of rotatable bonds is 6. The third-order valence-corrected chi connectivity index (χ3v) is 5.56. The van der Waals surface area contributed by atoms with E-state index in [9.17, 15) is 18.0 Å². The molecule has 0 atom stereocenters. The maximum atomic E-state index is 13.1. The SMILES string of the molecule is COc1ccc(-n2ncc3c(Nc4ccccc4NC(=O)c4cccc(C(F)(F)F)c4)ncnc32)cc1. The average molecular weight is 504 g/mol. The molecule has 0 aliphatic heterocycles. The molecule has 3 aromatic carbocycles. The van der Waals surface area contributed by atoms with E-state index in [1.54, 1.807) is 42.3 Å². The number of amides is 1. The van der Waals surface area contributed by atoms with Gasteiger partial charge in [0.2, 0.25) is 0 Å². The second kappa shape index (κ2) is 9.61. The fourth-order valence-corrected chi connectivity index (χ4v) is 3.72. The first-order valence-corrected chi connectivity index (χ1v) is 11.0. The lowest BCUT2D eigenvalue weighted by molar-refractivity contribution is -0.137. The van der Waals surface area contributed by atoms with Crippen molar-refractivity contribution in [3.63, 3.8) is 0 Å². The van der Waals surface area contributed by atoms with Crippen molar-refractivity contribution in [2.24, 2.45) is 0 Å². The molecule has 2 heterocycles. The summed E-state index contributed by atoms with van der Waals surface area (Å²) in [5, 5.41) is 10.9. The van der Waals surface area contributed by atoms with Crippen LogP contribution in [0.1, 0.15) is 15.9 Å². The highest BCUT2D eigenvalue weighted by molar-refractivity contribution is 6.06. The van der Waals surface area contributed by atoms with Crippen LogP contribution in [0.5, 0.6) is 5.75 Å². The Morgan fingerprint density at radius 1 is 0.946 bits per heavy atom. The molecule has 186 valence electrons. The van der Waals surface area contributed by atoms with Crippen LogP contribution in [-0.4, -0.2) is 32.8 Å². The Bertz CT molecular complexity index is 1580. The van der Waals surface area contributed by atoms with E-state index in [0.717, 1.165) is 17.8 Å². The number of nitrogens with zero attached hydrogens (tertiary/aromatic N) is 4. The van der Waals surface area contributed by atoms with Gasteiger partial charge in [-0.25, -0.2) is 14.6 Å². The fourth-order valence-electron chi connectivity index (χ4n) is 3.72. The van der Waals surface area contributed by atoms with Gasteiger partial charge in [0, 0.05) is 5.56 Å². The minimum atomic E-state index is -4.55. The zero-order valence-electron chi connectivity index (χ0n) is 19.3. The number of halogens is 3. The molecule has 2 aromatic heterocycles. The number of ether oxygens (including phenoxy) is 1. The molecular formula is C26H19F3N6O2. The standard InChI is InChI=1S/C26H19F3N6O2/c1-37-19-11-9-18(10-12-19)35-24-20(14-32-35)23(30-15-31-24)33-21-7-2-3-8-22(21)34-25(36)16-5-4-6-17(13-16)26(27,28)29/h2-15H,1H3,(H,34,36)(H,30,31,33). The van der Waals surface area contributed by atoms with Gasteiger partial charge < -0.3 is 15.4 Å². The van der Waals surface area contributed by atoms with Crippen molar-refractivity contribution in [3.05, 3.63) is 96.4 Å². The van der Waals surface area contributed by atoms with E-state index in [1.807, 2.05) is 24.3 Å². The molecule has 1 amide bonds. The number of carbonyl (C=O) groups is 1. The van der Waals surface area contributed by atoms with Crippen LogP contribution >= 0.6 is 0 Å². The highest BCUT2D eigenvalue weighted by Crippen LogP contribution is 2.31. The molecule has 5 aromatic rings. The first-order chi connectivity index (χ1) is 17.8. The van der Waals surface area contributed by atoms with Gasteiger partial charge in [0.1, 0.15) is 17.9 Å². The predicted octanol–water partition coefficient (Wildman–Crippen LogP) is 5.84. The van der Waals surface area contributed by atoms with Crippen molar-refractivity contribution >= 4 is 34.1 Å². The highest BCUT2D eigenvalue weighted by atomic mass is 19.4. The van der Waals surface area contributed by atoms with Crippen molar-refractivity contribution in [1.82, 2.24) is 19.7 Å². The zero-order valence-corrected chi connectivity index (χ0v) is 19.3. The van der Waals surface area contributed by atoms with Crippen LogP contribution in [0.3, 0.4) is 0 Å². The summed E-state index contributed by atoms with van der Waals surface area (Å²) in [6.07, 6.45) is -1.55. The van der Waals surface area contributed by atoms with E-state index < -0.39 is 17.6 Å². The van der Waals surface area contributed by atoms with Gasteiger partial charge in [0.15, 0.2) is 5.65 Å². The molecule has 0 unspecified atom stereocenters. The van der Waals surface area contributed by atoms with Crippen LogP contribution in [0.15, 0.2) is 85.3 Å². The third kappa shape index (κ3) is 4.92. The van der Waals surface area contributed by atoms with Crippen molar-refractivity contribution in [3.8, 4) is 11.4 Å². The van der Waals surface area contributed by atoms with E-state index in [4.69, 9.17) is 4.74 Å². The van der Waals surface area contributed by atoms with Crippen molar-refractivity contribution < 1.29 is 22.7 Å². The highest BCUT2D eigenvalue weighted by Gasteiger charge is 2.31. The largest absolute Gasteiger partial charge is 0.497 e. The maximum Gasteiger partial charge on any atom is 0.416 e. The number of nitrogens with one attached hydrogen (secondary N) is 2. The van der Waals surface area contributed by atoms with Gasteiger partial charge >= 0.3 is 6.18 Å². The Morgan fingerprint density at radius 3 is 2.43 bits per heavy atom. The van der Waals surface area contributed by atoms with Crippen LogP contribution in [0.25, 0.3) is 16.7 Å². The maximum absolute atomic E-state index is 13.1. The van der Waals surface area contributed by atoms with E-state index in [-0.39, 0.29) is 5.56 Å². The van der Waals surface area contributed by atoms with Crippen LogP contribution in [0.4, 0.5) is 30.4 Å². The van der Waals surface area contributed by atoms with Crippen molar-refractivity contribution in [1.29, 1.82) is 0 Å². The van der Waals surface area contributed by atoms with Crippen molar-refractivity contribution in [2.75, 3.05) is 17.7 Å². The molecule has 0 aliphatic carbocycles. The average Bonchev–Trinajstić information content (AvgIpc) is 3.34. The Morgan fingerprint density at radius 2 is 1.70 bits per heavy atom. The van der Waals surface area contributed by atoms with Crippen LogP contribution in [-0.2, 0) is 6.18 Å². The molecule has 2 N–H and O–H groups in total. The number of methoxy groups -OCH3 is 1. The normalized spacial score (nSPS) is 11.4. The monoisotopic (exact) mass is 504 g/mol. The van der Waals surface area contributed by atoms with E-state index in [2.05, 4.69) is 25.7 Å². The molecule has 0 bridgehead atoms. The topological polar surface area (TPSA) is 94.0 Å². The van der Waals surface area contributed by atoms with Gasteiger partial charge in [-0.15, -0.1) is 0 Å². The summed E-state index contributed by atoms with van der Waals surface area (Å²) in [6.45, 7) is 0. The van der Waals surface area contributed by atoms with Gasteiger partial charge in [-0.3, -0.25) is 4.79 Å². The lowest BCUT2D eigenvalue weighted by Gasteiger charge is -2.14. The number of aromatic nitrogens is 4. The molecule has 5 rings (SSSR count). The summed E-state index contributed by atoms with van der Waals surface area (Å²) >= 11 is 0. The molecule has 0 radical (unpaired) electrons. The summed E-state index contributed by atoms with van der Waals surface area (Å²) in [7, 11) is 1.59. The first kappa shape index (κ1) is 23.8. The third-order valence-electron chi connectivity index (χ3n) is 5.56. The Kier molecular flexibility index (Phi) is 6.18. The molecule has 37 heavy (non-hydrogen) atoms. The lowest BCUT2D eigenvalue weighted by Crippen LogP contribution is -2.15. The molecule has 8 nitrogen and oxygen atoms in total. The van der Waals surface area contributed by atoms with Gasteiger partial charge in [0.25, 0.3) is 5.91 Å². The zero-order chi connectivity index (χ0) is 26.0. The number of carbonyl (C=O) groups excluding carboxylic acids is 1. The lowest BCUT2D eigenvalue weighted by atomic mass is 10.1. The Labute approximate surface area is 208 Å². The summed E-state index contributed by atoms with van der Waals surface area (Å²) in [4.78, 5) is 21.4. The van der Waals surface area contributed by atoms with Gasteiger partial charge in [0.05, 0.1) is 41.3 Å². The minimum Gasteiger partial charge on any atom is -0.497 e. The molecule has 0 aliphatic rings. The molecule has 0 saturated heterocycles. The quantitative estimate of drug-likeness (QED) is 0.302. The summed E-state index contributed by atoms with van der Waals surface area (Å²) in [6, 6.07) is 18.4. The summed E-state index contributed by atoms with van der Waals surface area (Å²) in [5.41, 5.74) is 1.15. The van der Waals surface area contributed by atoms with Crippen molar-refractivity contribution in [2.45, 2.75) is 6.18 Å². The predicted molar refractivity (Wildman–Crippen MR) is 132 cm³/mol. The van der Waals surface area contributed by atoms with E-state index in [1.165, 1.54) is 18.5 Å². The molecule has 0 fully saturated rings. The number of para-hydroxylation sites is 2. The molecule has 0 saturated carbocycles.